The lowest BCUT2D eigenvalue weighted by molar-refractivity contribution is 0.0257. The van der Waals surface area contributed by atoms with Crippen molar-refractivity contribution in [3.05, 3.63) is 103 Å². The number of carbonyl (C=O) groups is 1. The van der Waals surface area contributed by atoms with Crippen molar-refractivity contribution in [3.63, 3.8) is 0 Å². The van der Waals surface area contributed by atoms with Crippen LogP contribution >= 0.6 is 0 Å². The molecule has 3 N–H and O–H groups in total. The number of nitrogens with zero attached hydrogens (tertiary/aromatic N) is 4. The van der Waals surface area contributed by atoms with Crippen LogP contribution in [0.4, 0.5) is 19.3 Å². The fourth-order valence-corrected chi connectivity index (χ4v) is 4.26. The number of aromatic nitrogens is 4. The number of aryl methyl sites for hydroxylation is 1. The number of amides is 2. The molecule has 5 aromatic rings. The Morgan fingerprint density at radius 1 is 1.00 bits per heavy atom. The van der Waals surface area contributed by atoms with Crippen LogP contribution in [0.5, 0.6) is 0 Å². The van der Waals surface area contributed by atoms with Gasteiger partial charge in [-0.1, -0.05) is 43.0 Å². The van der Waals surface area contributed by atoms with Crippen molar-refractivity contribution in [3.8, 4) is 16.8 Å². The molecule has 0 saturated heterocycles. The molecule has 5 rings (SSSR count). The number of hydrogen-bond donors (Lipinski definition) is 3. The van der Waals surface area contributed by atoms with Gasteiger partial charge >= 0.3 is 6.03 Å². The normalized spacial score (nSPS) is 11.4. The van der Waals surface area contributed by atoms with Gasteiger partial charge in [0.15, 0.2) is 0 Å². The van der Waals surface area contributed by atoms with Crippen LogP contribution < -0.4 is 16.0 Å². The van der Waals surface area contributed by atoms with E-state index in [1.165, 1.54) is 0 Å². The van der Waals surface area contributed by atoms with E-state index in [0.29, 0.717) is 12.2 Å². The Balaban J connectivity index is 1.28. The summed E-state index contributed by atoms with van der Waals surface area (Å²) in [7, 11) is 1.96. The predicted molar refractivity (Wildman–Crippen MR) is 153 cm³/mol. The number of carbonyl (C=O) groups excluding carboxylic acids is 1. The first-order chi connectivity index (χ1) is 19.2. The van der Waals surface area contributed by atoms with Gasteiger partial charge in [-0.05, 0) is 47.0 Å². The summed E-state index contributed by atoms with van der Waals surface area (Å²) in [6, 6.07) is 20.6. The van der Waals surface area contributed by atoms with Crippen molar-refractivity contribution in [2.75, 3.05) is 11.9 Å². The third-order valence-electron chi connectivity index (χ3n) is 6.44. The average Bonchev–Trinajstić information content (AvgIpc) is 3.55. The molecule has 3 aromatic carbocycles. The SMILES string of the molecule is C=C(NCc1nccn1C)c1ccc(-c2ccc3c(c2)ncn3-c2cccc(NC(=O)NCC(C)(F)F)c2)cc1. The third-order valence-corrected chi connectivity index (χ3v) is 6.44. The maximum Gasteiger partial charge on any atom is 0.319 e. The summed E-state index contributed by atoms with van der Waals surface area (Å²) in [5.74, 6) is -2.06. The first kappa shape index (κ1) is 26.6. The first-order valence-corrected chi connectivity index (χ1v) is 12.7. The number of fused-ring (bicyclic) bond motifs is 1. The van der Waals surface area contributed by atoms with Gasteiger partial charge in [-0.2, -0.15) is 0 Å². The molecule has 0 aliphatic rings. The van der Waals surface area contributed by atoms with Gasteiger partial charge in [0, 0.05) is 43.4 Å². The molecule has 0 saturated carbocycles. The van der Waals surface area contributed by atoms with Crippen molar-refractivity contribution >= 4 is 28.4 Å². The summed E-state index contributed by atoms with van der Waals surface area (Å²) in [5.41, 5.74) is 6.83. The number of benzene rings is 3. The summed E-state index contributed by atoms with van der Waals surface area (Å²) in [6.07, 6.45) is 5.39. The molecular weight excluding hydrogens is 512 g/mol. The lowest BCUT2D eigenvalue weighted by atomic mass is 10.0. The minimum atomic E-state index is -2.98. The fraction of sp³-hybridized carbons (Fsp3) is 0.167. The molecule has 0 atom stereocenters. The van der Waals surface area contributed by atoms with Gasteiger partial charge in [-0.3, -0.25) is 4.57 Å². The highest BCUT2D eigenvalue weighted by Crippen LogP contribution is 2.27. The van der Waals surface area contributed by atoms with Gasteiger partial charge in [0.05, 0.1) is 24.1 Å². The highest BCUT2D eigenvalue weighted by molar-refractivity contribution is 5.90. The number of halogens is 2. The molecule has 0 fully saturated rings. The van der Waals surface area contributed by atoms with Gasteiger partial charge in [0.2, 0.25) is 0 Å². The summed E-state index contributed by atoms with van der Waals surface area (Å²) in [5, 5.41) is 8.09. The molecule has 40 heavy (non-hydrogen) atoms. The zero-order valence-electron chi connectivity index (χ0n) is 22.2. The molecule has 8 nitrogen and oxygen atoms in total. The van der Waals surface area contributed by atoms with Gasteiger partial charge in [-0.25, -0.2) is 23.5 Å². The van der Waals surface area contributed by atoms with E-state index in [0.717, 1.165) is 51.9 Å². The minimum absolute atomic E-state index is 0.476. The van der Waals surface area contributed by atoms with E-state index in [2.05, 4.69) is 44.6 Å². The number of imidazole rings is 2. The van der Waals surface area contributed by atoms with E-state index in [1.54, 1.807) is 30.7 Å². The second-order valence-electron chi connectivity index (χ2n) is 9.61. The average molecular weight is 542 g/mol. The van der Waals surface area contributed by atoms with Crippen LogP contribution in [0.2, 0.25) is 0 Å². The first-order valence-electron chi connectivity index (χ1n) is 12.7. The van der Waals surface area contributed by atoms with Crippen molar-refractivity contribution in [2.45, 2.75) is 19.4 Å². The highest BCUT2D eigenvalue weighted by atomic mass is 19.3. The zero-order valence-corrected chi connectivity index (χ0v) is 22.2. The summed E-state index contributed by atoms with van der Waals surface area (Å²) in [6.45, 7) is 4.75. The number of nitrogens with one attached hydrogen (secondary N) is 3. The van der Waals surface area contributed by atoms with Gasteiger partial charge in [-0.15, -0.1) is 0 Å². The van der Waals surface area contributed by atoms with Crippen molar-refractivity contribution < 1.29 is 13.6 Å². The molecule has 0 radical (unpaired) electrons. The Hall–Kier alpha value is -4.99. The second kappa shape index (κ2) is 11.0. The van der Waals surface area contributed by atoms with Gasteiger partial charge in [0.25, 0.3) is 5.92 Å². The molecule has 0 aliphatic heterocycles. The smallest absolute Gasteiger partial charge is 0.319 e. The van der Waals surface area contributed by atoms with Crippen molar-refractivity contribution in [1.29, 1.82) is 0 Å². The molecule has 10 heteroatoms. The van der Waals surface area contributed by atoms with E-state index in [1.807, 2.05) is 58.8 Å². The van der Waals surface area contributed by atoms with E-state index in [-0.39, 0.29) is 0 Å². The second-order valence-corrected chi connectivity index (χ2v) is 9.61. The zero-order chi connectivity index (χ0) is 28.3. The Morgan fingerprint density at radius 3 is 2.50 bits per heavy atom. The number of rotatable bonds is 9. The largest absolute Gasteiger partial charge is 0.378 e. The van der Waals surface area contributed by atoms with E-state index in [4.69, 9.17) is 0 Å². The van der Waals surface area contributed by atoms with Gasteiger partial charge < -0.3 is 20.5 Å². The van der Waals surface area contributed by atoms with Gasteiger partial charge in [0.1, 0.15) is 12.2 Å². The Bertz CT molecular complexity index is 1670. The Kier molecular flexibility index (Phi) is 7.33. The molecule has 2 heterocycles. The maximum absolute atomic E-state index is 13.0. The summed E-state index contributed by atoms with van der Waals surface area (Å²) >= 11 is 0. The molecule has 204 valence electrons. The highest BCUT2D eigenvalue weighted by Gasteiger charge is 2.21. The number of hydrogen-bond acceptors (Lipinski definition) is 4. The molecule has 0 bridgehead atoms. The van der Waals surface area contributed by atoms with E-state index >= 15 is 0 Å². The fourth-order valence-electron chi connectivity index (χ4n) is 4.26. The monoisotopic (exact) mass is 541 g/mol. The van der Waals surface area contributed by atoms with E-state index < -0.39 is 18.5 Å². The maximum atomic E-state index is 13.0. The molecule has 0 unspecified atom stereocenters. The number of urea groups is 1. The van der Waals surface area contributed by atoms with Crippen LogP contribution in [0.1, 0.15) is 18.3 Å². The topological polar surface area (TPSA) is 88.8 Å². The molecule has 2 amide bonds. The number of alkyl halides is 2. The van der Waals surface area contributed by atoms with Crippen molar-refractivity contribution in [2.24, 2.45) is 7.05 Å². The van der Waals surface area contributed by atoms with Crippen LogP contribution in [0.3, 0.4) is 0 Å². The van der Waals surface area contributed by atoms with Crippen LogP contribution in [-0.2, 0) is 13.6 Å². The molecule has 0 aliphatic carbocycles. The van der Waals surface area contributed by atoms with Crippen LogP contribution in [0, 0.1) is 0 Å². The summed E-state index contributed by atoms with van der Waals surface area (Å²) in [4.78, 5) is 20.9. The lowest BCUT2D eigenvalue weighted by Gasteiger charge is -2.13. The lowest BCUT2D eigenvalue weighted by Crippen LogP contribution is -2.37. The van der Waals surface area contributed by atoms with Crippen molar-refractivity contribution in [1.82, 2.24) is 29.7 Å². The number of anilines is 1. The summed E-state index contributed by atoms with van der Waals surface area (Å²) < 4.78 is 29.9. The molecule has 2 aromatic heterocycles. The van der Waals surface area contributed by atoms with E-state index in [9.17, 15) is 13.6 Å². The third kappa shape index (κ3) is 6.17. The van der Waals surface area contributed by atoms with Crippen LogP contribution in [-0.4, -0.2) is 37.6 Å². The standard InChI is InChI=1S/C30H29F2N7O/c1-20(34-17-28-33-13-14-38(28)3)21-7-9-22(10-8-21)23-11-12-27-26(15-23)36-19-39(27)25-6-4-5-24(16-25)37-29(40)35-18-30(2,31)32/h4-16,19,34H,1,17-18H2,2-3H3,(H2,35,37,40). The minimum Gasteiger partial charge on any atom is -0.378 e. The molecular formula is C30H29F2N7O. The molecule has 0 spiro atoms. The van der Waals surface area contributed by atoms with Crippen LogP contribution in [0.25, 0.3) is 33.5 Å². The predicted octanol–water partition coefficient (Wildman–Crippen LogP) is 5.96. The van der Waals surface area contributed by atoms with Crippen LogP contribution in [0.15, 0.2) is 92.0 Å². The quantitative estimate of drug-likeness (QED) is 0.215. The Labute approximate surface area is 230 Å². The Morgan fingerprint density at radius 2 is 1.77 bits per heavy atom.